The minimum Gasteiger partial charge on any atom is -0.305 e. The van der Waals surface area contributed by atoms with Crippen LogP contribution < -0.4 is 5.32 Å². The topological polar surface area (TPSA) is 64.7 Å². The molecule has 0 atom stereocenters. The van der Waals surface area contributed by atoms with E-state index in [1.807, 2.05) is 0 Å². The molecule has 0 saturated carbocycles. The number of aryl methyl sites for hydroxylation is 2. The minimum absolute atomic E-state index is 0.0344. The first-order valence-corrected chi connectivity index (χ1v) is 7.54. The highest BCUT2D eigenvalue weighted by Crippen LogP contribution is 2.23. The molecule has 27 heavy (non-hydrogen) atoms. The van der Waals surface area contributed by atoms with Crippen molar-refractivity contribution in [2.24, 2.45) is 7.05 Å². The quantitative estimate of drug-likeness (QED) is 0.427. The Balaban J connectivity index is 1.81. The molecule has 2 heterocycles. The van der Waals surface area contributed by atoms with Crippen LogP contribution in [0.1, 0.15) is 21.6 Å². The van der Waals surface area contributed by atoms with Crippen LogP contribution in [0.4, 0.5) is 27.8 Å². The number of hydrogen-bond acceptors (Lipinski definition) is 3. The van der Waals surface area contributed by atoms with Gasteiger partial charge in [-0.05, 0) is 6.92 Å². The summed E-state index contributed by atoms with van der Waals surface area (Å²) in [7, 11) is 1.64. The molecule has 11 heteroatoms. The maximum Gasteiger partial charge on any atom is 0.260 e. The maximum atomic E-state index is 13.7. The summed E-state index contributed by atoms with van der Waals surface area (Å²) < 4.78 is 69.4. The smallest absolute Gasteiger partial charge is 0.260 e. The normalized spacial score (nSPS) is 11.1. The number of hydrogen-bond donors (Lipinski definition) is 1. The van der Waals surface area contributed by atoms with Gasteiger partial charge in [0.25, 0.3) is 5.91 Å². The molecular formula is C16H12F5N5O. The first kappa shape index (κ1) is 18.5. The van der Waals surface area contributed by atoms with E-state index in [4.69, 9.17) is 0 Å². The van der Waals surface area contributed by atoms with Crippen LogP contribution in [0.2, 0.25) is 0 Å². The fourth-order valence-corrected chi connectivity index (χ4v) is 2.47. The maximum absolute atomic E-state index is 13.7. The van der Waals surface area contributed by atoms with Gasteiger partial charge in [-0.15, -0.1) is 0 Å². The zero-order valence-electron chi connectivity index (χ0n) is 14.0. The van der Waals surface area contributed by atoms with Crippen molar-refractivity contribution in [2.75, 3.05) is 5.32 Å². The van der Waals surface area contributed by atoms with E-state index in [9.17, 15) is 26.7 Å². The third-order valence-corrected chi connectivity index (χ3v) is 3.76. The molecule has 0 fully saturated rings. The first-order chi connectivity index (χ1) is 12.7. The Morgan fingerprint density at radius 2 is 1.63 bits per heavy atom. The van der Waals surface area contributed by atoms with Crippen LogP contribution in [0.15, 0.2) is 18.5 Å². The van der Waals surface area contributed by atoms with E-state index in [-0.39, 0.29) is 5.82 Å². The van der Waals surface area contributed by atoms with Gasteiger partial charge in [0.2, 0.25) is 5.82 Å². The van der Waals surface area contributed by atoms with E-state index in [1.54, 1.807) is 14.0 Å². The Bertz CT molecular complexity index is 1010. The predicted octanol–water partition coefficient (Wildman–Crippen LogP) is 2.92. The van der Waals surface area contributed by atoms with Gasteiger partial charge in [0.15, 0.2) is 29.1 Å². The van der Waals surface area contributed by atoms with Crippen LogP contribution in [0, 0.1) is 36.0 Å². The molecule has 0 unspecified atom stereocenters. The second-order valence-corrected chi connectivity index (χ2v) is 5.70. The fourth-order valence-electron chi connectivity index (χ4n) is 2.47. The van der Waals surface area contributed by atoms with Crippen molar-refractivity contribution >= 4 is 11.7 Å². The third-order valence-electron chi connectivity index (χ3n) is 3.76. The third kappa shape index (κ3) is 3.39. The number of nitrogens with zero attached hydrogens (tertiary/aromatic N) is 4. The molecule has 0 radical (unpaired) electrons. The van der Waals surface area contributed by atoms with Crippen molar-refractivity contribution in [3.63, 3.8) is 0 Å². The average molecular weight is 385 g/mol. The number of anilines is 1. The number of amides is 1. The summed E-state index contributed by atoms with van der Waals surface area (Å²) in [5.41, 5.74) is -0.252. The summed E-state index contributed by atoms with van der Waals surface area (Å²) in [5, 5.41) is 10.3. The Morgan fingerprint density at radius 3 is 2.19 bits per heavy atom. The average Bonchev–Trinajstić information content (AvgIpc) is 3.20. The second-order valence-electron chi connectivity index (χ2n) is 5.70. The first-order valence-electron chi connectivity index (χ1n) is 7.54. The molecular weight excluding hydrogens is 373 g/mol. The van der Waals surface area contributed by atoms with Gasteiger partial charge in [-0.1, -0.05) is 0 Å². The molecule has 142 valence electrons. The van der Waals surface area contributed by atoms with E-state index >= 15 is 0 Å². The van der Waals surface area contributed by atoms with Gasteiger partial charge in [0, 0.05) is 25.5 Å². The van der Waals surface area contributed by atoms with Crippen LogP contribution in [-0.4, -0.2) is 25.5 Å². The monoisotopic (exact) mass is 385 g/mol. The Labute approximate surface area is 149 Å². The van der Waals surface area contributed by atoms with Gasteiger partial charge in [0.1, 0.15) is 0 Å². The van der Waals surface area contributed by atoms with Crippen LogP contribution >= 0.6 is 0 Å². The van der Waals surface area contributed by atoms with Gasteiger partial charge < -0.3 is 5.32 Å². The summed E-state index contributed by atoms with van der Waals surface area (Å²) in [6, 6.07) is 1.32. The van der Waals surface area contributed by atoms with E-state index in [0.717, 1.165) is 4.68 Å². The fraction of sp³-hybridized carbons (Fsp3) is 0.188. The highest BCUT2D eigenvalue weighted by molar-refractivity contribution is 6.04. The van der Waals surface area contributed by atoms with Gasteiger partial charge in [-0.3, -0.25) is 14.2 Å². The number of rotatable bonds is 4. The lowest BCUT2D eigenvalue weighted by Gasteiger charge is -2.08. The summed E-state index contributed by atoms with van der Waals surface area (Å²) in [4.78, 5) is 12.2. The van der Waals surface area contributed by atoms with Crippen molar-refractivity contribution in [3.8, 4) is 0 Å². The molecule has 0 aliphatic carbocycles. The van der Waals surface area contributed by atoms with Crippen LogP contribution in [0.3, 0.4) is 0 Å². The molecule has 0 saturated heterocycles. The molecule has 1 amide bonds. The summed E-state index contributed by atoms with van der Waals surface area (Å²) in [6.07, 6.45) is 2.72. The Hall–Kier alpha value is -3.24. The Morgan fingerprint density at radius 1 is 1.04 bits per heavy atom. The number of carbonyl (C=O) groups is 1. The molecule has 3 aromatic rings. The van der Waals surface area contributed by atoms with E-state index in [1.165, 1.54) is 23.1 Å². The summed E-state index contributed by atoms with van der Waals surface area (Å²) >= 11 is 0. The molecule has 0 bridgehead atoms. The summed E-state index contributed by atoms with van der Waals surface area (Å²) in [6.45, 7) is 0.921. The molecule has 2 aromatic heterocycles. The predicted molar refractivity (Wildman–Crippen MR) is 83.5 cm³/mol. The lowest BCUT2D eigenvalue weighted by molar-refractivity contribution is 0.102. The van der Waals surface area contributed by atoms with Crippen molar-refractivity contribution in [1.82, 2.24) is 19.6 Å². The zero-order chi connectivity index (χ0) is 19.9. The standard InChI is InChI=1S/C16H12F5N5O/c1-7-8(5-25(2)23-7)16(27)22-10-3-4-26(24-10)6-9-11(17)13(19)15(21)14(20)12(9)18/h3-5H,6H2,1-2H3,(H,22,24,27). The van der Waals surface area contributed by atoms with Crippen molar-refractivity contribution < 1.29 is 26.7 Å². The minimum atomic E-state index is -2.23. The lowest BCUT2D eigenvalue weighted by Crippen LogP contribution is -2.14. The number of halogens is 5. The Kier molecular flexibility index (Phi) is 4.68. The molecule has 0 spiro atoms. The summed E-state index contributed by atoms with van der Waals surface area (Å²) in [5.74, 6) is -10.6. The van der Waals surface area contributed by atoms with Crippen LogP contribution in [-0.2, 0) is 13.6 Å². The van der Waals surface area contributed by atoms with Crippen molar-refractivity contribution in [1.29, 1.82) is 0 Å². The largest absolute Gasteiger partial charge is 0.305 e. The van der Waals surface area contributed by atoms with E-state index < -0.39 is 47.1 Å². The second kappa shape index (κ2) is 6.82. The van der Waals surface area contributed by atoms with Crippen LogP contribution in [0.25, 0.3) is 0 Å². The SMILES string of the molecule is Cc1nn(C)cc1C(=O)Nc1ccn(Cc2c(F)c(F)c(F)c(F)c2F)n1. The van der Waals surface area contributed by atoms with E-state index in [2.05, 4.69) is 15.5 Å². The molecule has 1 N–H and O–H groups in total. The molecule has 0 aliphatic rings. The van der Waals surface area contributed by atoms with Gasteiger partial charge in [-0.25, -0.2) is 22.0 Å². The van der Waals surface area contributed by atoms with Gasteiger partial charge >= 0.3 is 0 Å². The van der Waals surface area contributed by atoms with Crippen molar-refractivity contribution in [3.05, 3.63) is 64.4 Å². The number of aromatic nitrogens is 4. The molecule has 6 nitrogen and oxygen atoms in total. The molecule has 1 aromatic carbocycles. The lowest BCUT2D eigenvalue weighted by atomic mass is 10.1. The number of benzene rings is 1. The highest BCUT2D eigenvalue weighted by Gasteiger charge is 2.26. The number of nitrogens with one attached hydrogen (secondary N) is 1. The number of carbonyl (C=O) groups excluding carboxylic acids is 1. The van der Waals surface area contributed by atoms with Crippen molar-refractivity contribution in [2.45, 2.75) is 13.5 Å². The highest BCUT2D eigenvalue weighted by atomic mass is 19.2. The van der Waals surface area contributed by atoms with Gasteiger partial charge in [-0.2, -0.15) is 10.2 Å². The van der Waals surface area contributed by atoms with Crippen LogP contribution in [0.5, 0.6) is 0 Å². The molecule has 0 aliphatic heterocycles. The molecule has 3 rings (SSSR count). The van der Waals surface area contributed by atoms with Gasteiger partial charge in [0.05, 0.1) is 23.4 Å². The van der Waals surface area contributed by atoms with E-state index in [0.29, 0.717) is 11.3 Å². The zero-order valence-corrected chi connectivity index (χ0v) is 14.0.